The molecule has 0 aliphatic rings. The molecule has 0 fully saturated rings. The van der Waals surface area contributed by atoms with E-state index in [1.165, 1.54) is 27.5 Å². The Hall–Kier alpha value is -2.08. The highest BCUT2D eigenvalue weighted by Crippen LogP contribution is 2.28. The minimum absolute atomic E-state index is 1.17. The van der Waals surface area contributed by atoms with Crippen LogP contribution in [-0.4, -0.2) is 0 Å². The van der Waals surface area contributed by atoms with Gasteiger partial charge in [-0.05, 0) is 34.9 Å². The molecule has 0 heterocycles. The Labute approximate surface area is 102 Å². The van der Waals surface area contributed by atoms with Gasteiger partial charge in [-0.2, -0.15) is 0 Å². The molecule has 0 bridgehead atoms. The molecular weight excluding hydrogens is 204 g/mol. The van der Waals surface area contributed by atoms with Crippen molar-refractivity contribution in [3.8, 4) is 11.1 Å². The molecule has 0 saturated carbocycles. The van der Waals surface area contributed by atoms with Crippen LogP contribution in [0.5, 0.6) is 0 Å². The lowest BCUT2D eigenvalue weighted by molar-refractivity contribution is 1.47. The molecule has 0 spiro atoms. The Kier molecular flexibility index (Phi) is 2.41. The van der Waals surface area contributed by atoms with Crippen LogP contribution < -0.4 is 0 Å². The Morgan fingerprint density at radius 2 is 1.76 bits per heavy atom. The summed E-state index contributed by atoms with van der Waals surface area (Å²) in [5.74, 6) is 0. The highest BCUT2D eigenvalue weighted by Gasteiger charge is 2.02. The van der Waals surface area contributed by atoms with Crippen molar-refractivity contribution in [2.24, 2.45) is 0 Å². The third-order valence-electron chi connectivity index (χ3n) is 3.04. The number of benzene rings is 3. The third kappa shape index (κ3) is 1.83. The smallest absolute Gasteiger partial charge is 0.00987 e. The molecule has 81 valence electrons. The fourth-order valence-corrected chi connectivity index (χ4v) is 2.21. The van der Waals surface area contributed by atoms with E-state index in [0.29, 0.717) is 0 Å². The van der Waals surface area contributed by atoms with Gasteiger partial charge in [-0.1, -0.05) is 66.2 Å². The molecule has 0 aliphatic heterocycles. The van der Waals surface area contributed by atoms with E-state index in [9.17, 15) is 0 Å². The van der Waals surface area contributed by atoms with Crippen molar-refractivity contribution in [1.82, 2.24) is 0 Å². The molecule has 0 aromatic heterocycles. The molecule has 0 N–H and O–H groups in total. The summed E-state index contributed by atoms with van der Waals surface area (Å²) in [4.78, 5) is 0. The number of fused-ring (bicyclic) bond motifs is 1. The van der Waals surface area contributed by atoms with Gasteiger partial charge in [0.1, 0.15) is 0 Å². The SMILES string of the molecule is Cc1cccc(-c2cc[c]c3ccccc23)c1. The highest BCUT2D eigenvalue weighted by molar-refractivity contribution is 5.96. The highest BCUT2D eigenvalue weighted by atomic mass is 14.1. The van der Waals surface area contributed by atoms with Gasteiger partial charge in [-0.15, -0.1) is 0 Å². The molecule has 17 heavy (non-hydrogen) atoms. The van der Waals surface area contributed by atoms with Gasteiger partial charge in [0.2, 0.25) is 0 Å². The zero-order chi connectivity index (χ0) is 11.7. The number of rotatable bonds is 1. The van der Waals surface area contributed by atoms with E-state index in [0.717, 1.165) is 0 Å². The molecule has 0 unspecified atom stereocenters. The van der Waals surface area contributed by atoms with Crippen LogP contribution in [0.3, 0.4) is 0 Å². The predicted octanol–water partition coefficient (Wildman–Crippen LogP) is 4.62. The maximum Gasteiger partial charge on any atom is -0.00987 e. The van der Waals surface area contributed by atoms with Crippen molar-refractivity contribution < 1.29 is 0 Å². The molecule has 1 radical (unpaired) electrons. The second-order valence-electron chi connectivity index (χ2n) is 4.31. The summed E-state index contributed by atoms with van der Waals surface area (Å²) in [5.41, 5.74) is 3.85. The van der Waals surface area contributed by atoms with Crippen molar-refractivity contribution in [1.29, 1.82) is 0 Å². The minimum atomic E-state index is 1.17. The van der Waals surface area contributed by atoms with Crippen molar-refractivity contribution >= 4 is 10.8 Å². The number of aryl methyl sites for hydroxylation is 1. The van der Waals surface area contributed by atoms with Crippen molar-refractivity contribution in [3.63, 3.8) is 0 Å². The molecule has 0 amide bonds. The van der Waals surface area contributed by atoms with Gasteiger partial charge >= 0.3 is 0 Å². The van der Waals surface area contributed by atoms with E-state index >= 15 is 0 Å². The van der Waals surface area contributed by atoms with Crippen LogP contribution in [-0.2, 0) is 0 Å². The fraction of sp³-hybridized carbons (Fsp3) is 0.0588. The summed E-state index contributed by atoms with van der Waals surface area (Å²) in [5, 5.41) is 2.44. The van der Waals surface area contributed by atoms with Gasteiger partial charge in [0.05, 0.1) is 0 Å². The van der Waals surface area contributed by atoms with Crippen LogP contribution in [0.4, 0.5) is 0 Å². The summed E-state index contributed by atoms with van der Waals surface area (Å²) in [6.07, 6.45) is 0. The molecule has 3 aromatic carbocycles. The summed E-state index contributed by atoms with van der Waals surface area (Å²) in [6, 6.07) is 24.4. The Morgan fingerprint density at radius 3 is 2.65 bits per heavy atom. The van der Waals surface area contributed by atoms with E-state index in [1.807, 2.05) is 6.07 Å². The average molecular weight is 217 g/mol. The van der Waals surface area contributed by atoms with Crippen LogP contribution in [0.2, 0.25) is 0 Å². The average Bonchev–Trinajstić information content (AvgIpc) is 2.38. The normalized spacial score (nSPS) is 10.6. The van der Waals surface area contributed by atoms with Gasteiger partial charge in [0.25, 0.3) is 0 Å². The third-order valence-corrected chi connectivity index (χ3v) is 3.04. The first-order chi connectivity index (χ1) is 8.34. The first-order valence-corrected chi connectivity index (χ1v) is 5.81. The first-order valence-electron chi connectivity index (χ1n) is 5.81. The second kappa shape index (κ2) is 4.06. The Bertz CT molecular complexity index is 660. The quantitative estimate of drug-likeness (QED) is 0.558. The molecule has 0 heteroatoms. The van der Waals surface area contributed by atoms with E-state index in [2.05, 4.69) is 67.6 Å². The predicted molar refractivity (Wildman–Crippen MR) is 73.0 cm³/mol. The van der Waals surface area contributed by atoms with Crippen LogP contribution in [0.25, 0.3) is 21.9 Å². The maximum absolute atomic E-state index is 3.28. The largest absolute Gasteiger partial charge is 0.0616 e. The van der Waals surface area contributed by atoms with E-state index in [1.54, 1.807) is 0 Å². The van der Waals surface area contributed by atoms with Crippen LogP contribution in [0.1, 0.15) is 5.56 Å². The molecule has 3 rings (SSSR count). The topological polar surface area (TPSA) is 0 Å². The van der Waals surface area contributed by atoms with E-state index in [4.69, 9.17) is 0 Å². The van der Waals surface area contributed by atoms with Crippen LogP contribution >= 0.6 is 0 Å². The van der Waals surface area contributed by atoms with Gasteiger partial charge in [0.15, 0.2) is 0 Å². The van der Waals surface area contributed by atoms with Crippen molar-refractivity contribution in [2.45, 2.75) is 6.92 Å². The van der Waals surface area contributed by atoms with Crippen molar-refractivity contribution in [3.05, 3.63) is 72.3 Å². The summed E-state index contributed by atoms with van der Waals surface area (Å²) in [6.45, 7) is 2.13. The summed E-state index contributed by atoms with van der Waals surface area (Å²) >= 11 is 0. The van der Waals surface area contributed by atoms with Crippen LogP contribution in [0, 0.1) is 13.0 Å². The van der Waals surface area contributed by atoms with Crippen LogP contribution in [0.15, 0.2) is 60.7 Å². The lowest BCUT2D eigenvalue weighted by atomic mass is 9.97. The fourth-order valence-electron chi connectivity index (χ4n) is 2.21. The zero-order valence-corrected chi connectivity index (χ0v) is 9.77. The lowest BCUT2D eigenvalue weighted by Crippen LogP contribution is -1.82. The zero-order valence-electron chi connectivity index (χ0n) is 9.77. The standard InChI is InChI=1S/C17H13/c1-13-6-4-9-15(12-13)17-11-5-8-14-7-2-3-10-16(14)17/h2-7,9-12H,1H3. The number of hydrogen-bond acceptors (Lipinski definition) is 0. The van der Waals surface area contributed by atoms with Gasteiger partial charge in [-0.3, -0.25) is 0 Å². The molecule has 0 nitrogen and oxygen atoms in total. The van der Waals surface area contributed by atoms with Gasteiger partial charge < -0.3 is 0 Å². The molecule has 0 atom stereocenters. The molecule has 0 aliphatic carbocycles. The lowest BCUT2D eigenvalue weighted by Gasteiger charge is -2.07. The van der Waals surface area contributed by atoms with E-state index < -0.39 is 0 Å². The monoisotopic (exact) mass is 217 g/mol. The van der Waals surface area contributed by atoms with Gasteiger partial charge in [-0.25, -0.2) is 0 Å². The van der Waals surface area contributed by atoms with Crippen molar-refractivity contribution in [2.75, 3.05) is 0 Å². The Morgan fingerprint density at radius 1 is 0.882 bits per heavy atom. The maximum atomic E-state index is 3.28. The first kappa shape index (κ1) is 10.1. The van der Waals surface area contributed by atoms with Gasteiger partial charge in [0, 0.05) is 0 Å². The summed E-state index contributed by atoms with van der Waals surface area (Å²) in [7, 11) is 0. The molecular formula is C17H13. The number of hydrogen-bond donors (Lipinski definition) is 0. The second-order valence-corrected chi connectivity index (χ2v) is 4.31. The minimum Gasteiger partial charge on any atom is -0.0616 e. The van der Waals surface area contributed by atoms with E-state index in [-0.39, 0.29) is 0 Å². The summed E-state index contributed by atoms with van der Waals surface area (Å²) < 4.78 is 0. The Balaban J connectivity index is 2.30. The molecule has 0 saturated heterocycles. The molecule has 3 aromatic rings.